The van der Waals surface area contributed by atoms with Crippen molar-refractivity contribution in [3.63, 3.8) is 0 Å². The van der Waals surface area contributed by atoms with Gasteiger partial charge in [-0.1, -0.05) is 11.3 Å². The summed E-state index contributed by atoms with van der Waals surface area (Å²) in [4.78, 5) is 5.35. The molecule has 0 aliphatic carbocycles. The average molecular weight is 208 g/mol. The lowest BCUT2D eigenvalue weighted by molar-refractivity contribution is 0.825. The van der Waals surface area contributed by atoms with Crippen LogP contribution in [-0.2, 0) is 6.54 Å². The fraction of sp³-hybridized carbons (Fsp3) is 0.333. The Morgan fingerprint density at radius 2 is 2.29 bits per heavy atom. The Morgan fingerprint density at radius 1 is 1.50 bits per heavy atom. The second kappa shape index (κ2) is 3.51. The molecule has 2 aromatic heterocycles. The van der Waals surface area contributed by atoms with E-state index in [0.29, 0.717) is 6.54 Å². The van der Waals surface area contributed by atoms with Gasteiger partial charge in [0.05, 0.1) is 5.69 Å². The van der Waals surface area contributed by atoms with Crippen LogP contribution in [0.5, 0.6) is 0 Å². The number of rotatable bonds is 2. The molecule has 0 saturated carbocycles. The van der Waals surface area contributed by atoms with Crippen LogP contribution in [0, 0.1) is 13.8 Å². The van der Waals surface area contributed by atoms with Crippen LogP contribution >= 0.6 is 11.3 Å². The van der Waals surface area contributed by atoms with Gasteiger partial charge in [0.25, 0.3) is 0 Å². The zero-order valence-corrected chi connectivity index (χ0v) is 9.01. The molecule has 2 N–H and O–H groups in total. The van der Waals surface area contributed by atoms with Crippen LogP contribution in [0.25, 0.3) is 5.13 Å². The third kappa shape index (κ3) is 1.56. The highest BCUT2D eigenvalue weighted by molar-refractivity contribution is 7.14. The maximum absolute atomic E-state index is 5.53. The first-order chi connectivity index (χ1) is 6.70. The van der Waals surface area contributed by atoms with E-state index in [9.17, 15) is 0 Å². The van der Waals surface area contributed by atoms with E-state index in [1.807, 2.05) is 24.6 Å². The van der Waals surface area contributed by atoms with Crippen molar-refractivity contribution in [3.05, 3.63) is 28.5 Å². The Hall–Kier alpha value is -1.20. The quantitative estimate of drug-likeness (QED) is 0.811. The predicted octanol–water partition coefficient (Wildman–Crippen LogP) is 1.40. The third-order valence-corrected chi connectivity index (χ3v) is 2.93. The molecule has 74 valence electrons. The van der Waals surface area contributed by atoms with E-state index in [1.54, 1.807) is 17.5 Å². The molecule has 0 aromatic carbocycles. The van der Waals surface area contributed by atoms with E-state index < -0.39 is 0 Å². The topological polar surface area (TPSA) is 56.7 Å². The predicted molar refractivity (Wildman–Crippen MR) is 56.6 cm³/mol. The van der Waals surface area contributed by atoms with E-state index in [-0.39, 0.29) is 0 Å². The third-order valence-electron chi connectivity index (χ3n) is 1.93. The zero-order valence-electron chi connectivity index (χ0n) is 8.19. The molecule has 0 radical (unpaired) electrons. The summed E-state index contributed by atoms with van der Waals surface area (Å²) in [6.07, 6.45) is 1.80. The SMILES string of the molecule is Cc1cc(C)n(-c2ncc(CN)s2)n1. The Labute approximate surface area is 86.4 Å². The summed E-state index contributed by atoms with van der Waals surface area (Å²) in [5, 5.41) is 5.24. The Kier molecular flexibility index (Phi) is 2.35. The monoisotopic (exact) mass is 208 g/mol. The van der Waals surface area contributed by atoms with Crippen LogP contribution in [0.2, 0.25) is 0 Å². The fourth-order valence-corrected chi connectivity index (χ4v) is 2.11. The number of hydrogen-bond acceptors (Lipinski definition) is 4. The van der Waals surface area contributed by atoms with Crippen molar-refractivity contribution >= 4 is 11.3 Å². The average Bonchev–Trinajstić information content (AvgIpc) is 2.71. The molecule has 0 aliphatic heterocycles. The van der Waals surface area contributed by atoms with Crippen LogP contribution in [0.15, 0.2) is 12.3 Å². The molecule has 0 atom stereocenters. The summed E-state index contributed by atoms with van der Waals surface area (Å²) in [5.41, 5.74) is 7.63. The van der Waals surface area contributed by atoms with Gasteiger partial charge in [-0.25, -0.2) is 9.67 Å². The van der Waals surface area contributed by atoms with E-state index in [0.717, 1.165) is 21.4 Å². The molecule has 2 heterocycles. The summed E-state index contributed by atoms with van der Waals surface area (Å²) < 4.78 is 1.85. The normalized spacial score (nSPS) is 10.8. The van der Waals surface area contributed by atoms with Crippen LogP contribution in [0.4, 0.5) is 0 Å². The summed E-state index contributed by atoms with van der Waals surface area (Å²) in [5.74, 6) is 0. The van der Waals surface area contributed by atoms with Crippen molar-refractivity contribution in [2.75, 3.05) is 0 Å². The Balaban J connectivity index is 2.43. The van der Waals surface area contributed by atoms with Gasteiger partial charge < -0.3 is 5.73 Å². The molecule has 14 heavy (non-hydrogen) atoms. The van der Waals surface area contributed by atoms with Crippen molar-refractivity contribution in [1.29, 1.82) is 0 Å². The number of thiazole rings is 1. The molecule has 2 aromatic rings. The summed E-state index contributed by atoms with van der Waals surface area (Å²) >= 11 is 1.58. The molecule has 0 bridgehead atoms. The van der Waals surface area contributed by atoms with Crippen LogP contribution < -0.4 is 5.73 Å². The molecule has 2 rings (SSSR count). The van der Waals surface area contributed by atoms with Crippen molar-refractivity contribution in [3.8, 4) is 5.13 Å². The molecule has 0 amide bonds. The lowest BCUT2D eigenvalue weighted by Gasteiger charge is -1.96. The first-order valence-corrected chi connectivity index (χ1v) is 5.21. The molecule has 0 saturated heterocycles. The van der Waals surface area contributed by atoms with Gasteiger partial charge in [0, 0.05) is 23.3 Å². The molecular formula is C9H12N4S. The first-order valence-electron chi connectivity index (χ1n) is 4.39. The number of hydrogen-bond donors (Lipinski definition) is 1. The summed E-state index contributed by atoms with van der Waals surface area (Å²) in [6.45, 7) is 4.53. The van der Waals surface area contributed by atoms with Gasteiger partial charge >= 0.3 is 0 Å². The van der Waals surface area contributed by atoms with Gasteiger partial charge in [-0.2, -0.15) is 5.10 Å². The Morgan fingerprint density at radius 3 is 2.79 bits per heavy atom. The molecular weight excluding hydrogens is 196 g/mol. The molecule has 0 unspecified atom stereocenters. The van der Waals surface area contributed by atoms with Gasteiger partial charge in [0.2, 0.25) is 5.13 Å². The molecule has 0 aliphatic rings. The summed E-state index contributed by atoms with van der Waals surface area (Å²) in [7, 11) is 0. The van der Waals surface area contributed by atoms with Gasteiger partial charge in [0.1, 0.15) is 0 Å². The first kappa shape index (κ1) is 9.36. The molecule has 0 fully saturated rings. The summed E-state index contributed by atoms with van der Waals surface area (Å²) in [6, 6.07) is 2.03. The van der Waals surface area contributed by atoms with E-state index in [2.05, 4.69) is 10.1 Å². The van der Waals surface area contributed by atoms with Crippen LogP contribution in [0.3, 0.4) is 0 Å². The van der Waals surface area contributed by atoms with E-state index in [1.165, 1.54) is 0 Å². The largest absolute Gasteiger partial charge is 0.326 e. The van der Waals surface area contributed by atoms with Gasteiger partial charge in [-0.15, -0.1) is 0 Å². The fourth-order valence-electron chi connectivity index (χ4n) is 1.31. The van der Waals surface area contributed by atoms with Crippen LogP contribution in [-0.4, -0.2) is 14.8 Å². The molecule has 0 spiro atoms. The van der Waals surface area contributed by atoms with E-state index >= 15 is 0 Å². The van der Waals surface area contributed by atoms with Crippen molar-refractivity contribution in [2.45, 2.75) is 20.4 Å². The van der Waals surface area contributed by atoms with Crippen molar-refractivity contribution in [1.82, 2.24) is 14.8 Å². The zero-order chi connectivity index (χ0) is 10.1. The minimum absolute atomic E-state index is 0.539. The maximum Gasteiger partial charge on any atom is 0.210 e. The minimum Gasteiger partial charge on any atom is -0.326 e. The number of aryl methyl sites for hydroxylation is 2. The highest BCUT2D eigenvalue weighted by atomic mass is 32.1. The molecule has 4 nitrogen and oxygen atoms in total. The number of nitrogens with two attached hydrogens (primary N) is 1. The van der Waals surface area contributed by atoms with Gasteiger partial charge in [-0.3, -0.25) is 0 Å². The number of aromatic nitrogens is 3. The smallest absolute Gasteiger partial charge is 0.210 e. The van der Waals surface area contributed by atoms with Crippen molar-refractivity contribution < 1.29 is 0 Å². The van der Waals surface area contributed by atoms with Gasteiger partial charge in [-0.05, 0) is 19.9 Å². The second-order valence-electron chi connectivity index (χ2n) is 3.15. The highest BCUT2D eigenvalue weighted by Crippen LogP contribution is 2.18. The second-order valence-corrected chi connectivity index (χ2v) is 4.25. The van der Waals surface area contributed by atoms with Crippen molar-refractivity contribution in [2.24, 2.45) is 5.73 Å². The lowest BCUT2D eigenvalue weighted by Crippen LogP contribution is -1.97. The van der Waals surface area contributed by atoms with Gasteiger partial charge in [0.15, 0.2) is 0 Å². The lowest BCUT2D eigenvalue weighted by atomic mass is 10.4. The van der Waals surface area contributed by atoms with Crippen LogP contribution in [0.1, 0.15) is 16.3 Å². The maximum atomic E-state index is 5.53. The van der Waals surface area contributed by atoms with E-state index in [4.69, 9.17) is 5.73 Å². The minimum atomic E-state index is 0.539. The number of nitrogens with zero attached hydrogens (tertiary/aromatic N) is 3. The standard InChI is InChI=1S/C9H12N4S/c1-6-3-7(2)13(12-6)9-11-5-8(4-10)14-9/h3,5H,4,10H2,1-2H3. The molecule has 5 heteroatoms. The Bertz CT molecular complexity index is 443. The highest BCUT2D eigenvalue weighted by Gasteiger charge is 2.07.